The molecule has 0 saturated carbocycles. The van der Waals surface area contributed by atoms with Crippen LogP contribution in [-0.4, -0.2) is 10.1 Å². The molecule has 1 N–H and O–H groups in total. The molecule has 0 aliphatic rings. The van der Waals surface area contributed by atoms with Crippen LogP contribution in [0.25, 0.3) is 0 Å². The molecule has 0 aliphatic heterocycles. The Balaban J connectivity index is 2.96. The number of hydrogen-bond acceptors (Lipinski definition) is 2. The van der Waals surface area contributed by atoms with Crippen LogP contribution in [0, 0.1) is 5.95 Å². The van der Waals surface area contributed by atoms with E-state index in [-0.39, 0.29) is 0 Å². The fraction of sp³-hybridized carbons (Fsp3) is 0.286. The van der Waals surface area contributed by atoms with Crippen molar-refractivity contribution in [1.82, 2.24) is 4.98 Å². The summed E-state index contributed by atoms with van der Waals surface area (Å²) in [5, 5.41) is 8.95. The first kappa shape index (κ1) is 7.15. The average molecular weight is 141 g/mol. The predicted octanol–water partition coefficient (Wildman–Crippen LogP) is 1.27. The molecule has 0 spiro atoms. The number of nitrogens with zero attached hydrogens (tertiary/aromatic N) is 1. The van der Waals surface area contributed by atoms with Crippen molar-refractivity contribution in [2.45, 2.75) is 13.0 Å². The molecule has 3 heteroatoms. The smallest absolute Gasteiger partial charge is 0.213 e. The van der Waals surface area contributed by atoms with E-state index in [1.54, 1.807) is 13.0 Å². The lowest BCUT2D eigenvalue weighted by molar-refractivity contribution is 0.198. The van der Waals surface area contributed by atoms with Crippen molar-refractivity contribution in [3.05, 3.63) is 29.8 Å². The van der Waals surface area contributed by atoms with E-state index in [0.717, 1.165) is 0 Å². The maximum Gasteiger partial charge on any atom is 0.213 e. The number of aliphatic hydroxyl groups is 1. The number of pyridine rings is 1. The van der Waals surface area contributed by atoms with Crippen LogP contribution < -0.4 is 0 Å². The van der Waals surface area contributed by atoms with Crippen molar-refractivity contribution < 1.29 is 9.50 Å². The second-order valence-electron chi connectivity index (χ2n) is 2.09. The van der Waals surface area contributed by atoms with Crippen molar-refractivity contribution in [3.8, 4) is 0 Å². The third-order valence-electron chi connectivity index (χ3n) is 1.23. The van der Waals surface area contributed by atoms with E-state index in [0.29, 0.717) is 5.56 Å². The van der Waals surface area contributed by atoms with Crippen molar-refractivity contribution in [2.75, 3.05) is 0 Å². The molecule has 1 aromatic rings. The maximum absolute atomic E-state index is 12.3. The van der Waals surface area contributed by atoms with Gasteiger partial charge in [-0.1, -0.05) is 0 Å². The summed E-state index contributed by atoms with van der Waals surface area (Å²) >= 11 is 0. The minimum atomic E-state index is -0.627. The number of hydrogen-bond donors (Lipinski definition) is 1. The molecule has 10 heavy (non-hydrogen) atoms. The second kappa shape index (κ2) is 2.75. The van der Waals surface area contributed by atoms with Crippen LogP contribution in [0.1, 0.15) is 18.6 Å². The fourth-order valence-corrected chi connectivity index (χ4v) is 0.677. The van der Waals surface area contributed by atoms with Crippen molar-refractivity contribution >= 4 is 0 Å². The molecule has 1 rings (SSSR count). The normalized spacial score (nSPS) is 13.1. The summed E-state index contributed by atoms with van der Waals surface area (Å²) in [5.74, 6) is -0.557. The number of rotatable bonds is 1. The minimum absolute atomic E-state index is 0.549. The van der Waals surface area contributed by atoms with Gasteiger partial charge in [-0.05, 0) is 24.6 Å². The second-order valence-corrected chi connectivity index (χ2v) is 2.09. The molecule has 0 aliphatic carbocycles. The lowest BCUT2D eigenvalue weighted by Gasteiger charge is -2.01. The number of aromatic nitrogens is 1. The Morgan fingerprint density at radius 3 is 2.80 bits per heavy atom. The minimum Gasteiger partial charge on any atom is -0.389 e. The van der Waals surface area contributed by atoms with Crippen LogP contribution in [0.3, 0.4) is 0 Å². The third-order valence-corrected chi connectivity index (χ3v) is 1.23. The summed E-state index contributed by atoms with van der Waals surface area (Å²) in [5.41, 5.74) is 0.549. The Labute approximate surface area is 58.3 Å². The molecule has 0 fully saturated rings. The summed E-state index contributed by atoms with van der Waals surface area (Å²) in [6, 6.07) is 2.79. The van der Waals surface area contributed by atoms with Crippen LogP contribution in [0.2, 0.25) is 0 Å². The highest BCUT2D eigenvalue weighted by Gasteiger charge is 2.00. The van der Waals surface area contributed by atoms with Gasteiger partial charge >= 0.3 is 0 Å². The largest absolute Gasteiger partial charge is 0.389 e. The lowest BCUT2D eigenvalue weighted by Crippen LogP contribution is -1.92. The molecule has 0 radical (unpaired) electrons. The first-order valence-electron chi connectivity index (χ1n) is 2.99. The Kier molecular flexibility index (Phi) is 1.97. The molecule has 54 valence electrons. The summed E-state index contributed by atoms with van der Waals surface area (Å²) < 4.78 is 12.3. The first-order chi connectivity index (χ1) is 4.70. The number of halogens is 1. The van der Waals surface area contributed by atoms with E-state index in [1.165, 1.54) is 12.3 Å². The van der Waals surface area contributed by atoms with E-state index >= 15 is 0 Å². The van der Waals surface area contributed by atoms with Gasteiger partial charge in [-0.3, -0.25) is 0 Å². The lowest BCUT2D eigenvalue weighted by atomic mass is 10.2. The summed E-state index contributed by atoms with van der Waals surface area (Å²) in [4.78, 5) is 3.34. The van der Waals surface area contributed by atoms with Gasteiger partial charge < -0.3 is 5.11 Å². The molecule has 1 unspecified atom stereocenters. The monoisotopic (exact) mass is 141 g/mol. The number of aliphatic hydroxyl groups excluding tert-OH is 1. The zero-order chi connectivity index (χ0) is 7.56. The highest BCUT2D eigenvalue weighted by Crippen LogP contribution is 2.10. The van der Waals surface area contributed by atoms with Gasteiger partial charge in [-0.25, -0.2) is 4.98 Å². The average Bonchev–Trinajstić information content (AvgIpc) is 1.88. The Morgan fingerprint density at radius 1 is 1.70 bits per heavy atom. The standard InChI is InChI=1S/C7H8FNO/c1-5(10)6-2-3-9-7(8)4-6/h2-5,10H,1H3. The molecule has 0 bridgehead atoms. The summed E-state index contributed by atoms with van der Waals surface area (Å²) in [6.45, 7) is 1.58. The van der Waals surface area contributed by atoms with Crippen molar-refractivity contribution in [3.63, 3.8) is 0 Å². The van der Waals surface area contributed by atoms with Gasteiger partial charge in [-0.2, -0.15) is 4.39 Å². The van der Waals surface area contributed by atoms with Gasteiger partial charge in [0.2, 0.25) is 5.95 Å². The Bertz CT molecular complexity index is 225. The molecule has 1 atom stereocenters. The van der Waals surface area contributed by atoms with Gasteiger partial charge in [0, 0.05) is 6.20 Å². The Morgan fingerprint density at radius 2 is 2.40 bits per heavy atom. The van der Waals surface area contributed by atoms with Crippen LogP contribution in [0.5, 0.6) is 0 Å². The molecule has 1 aromatic heterocycles. The van der Waals surface area contributed by atoms with Crippen molar-refractivity contribution in [2.24, 2.45) is 0 Å². The topological polar surface area (TPSA) is 33.1 Å². The van der Waals surface area contributed by atoms with E-state index in [9.17, 15) is 4.39 Å². The fourth-order valence-electron chi connectivity index (χ4n) is 0.677. The summed E-state index contributed by atoms with van der Waals surface area (Å²) in [6.07, 6.45) is 0.703. The van der Waals surface area contributed by atoms with Crippen LogP contribution in [0.4, 0.5) is 4.39 Å². The van der Waals surface area contributed by atoms with Gasteiger partial charge in [-0.15, -0.1) is 0 Å². The molecular weight excluding hydrogens is 133 g/mol. The van der Waals surface area contributed by atoms with Gasteiger partial charge in [0.25, 0.3) is 0 Å². The van der Waals surface area contributed by atoms with Gasteiger partial charge in [0.15, 0.2) is 0 Å². The molecule has 0 aromatic carbocycles. The van der Waals surface area contributed by atoms with E-state index in [1.807, 2.05) is 0 Å². The maximum atomic E-state index is 12.3. The zero-order valence-corrected chi connectivity index (χ0v) is 5.58. The van der Waals surface area contributed by atoms with Crippen LogP contribution in [-0.2, 0) is 0 Å². The van der Waals surface area contributed by atoms with Crippen LogP contribution >= 0.6 is 0 Å². The third kappa shape index (κ3) is 1.51. The van der Waals surface area contributed by atoms with E-state index < -0.39 is 12.1 Å². The quantitative estimate of drug-likeness (QED) is 0.597. The van der Waals surface area contributed by atoms with Crippen molar-refractivity contribution in [1.29, 1.82) is 0 Å². The van der Waals surface area contributed by atoms with Gasteiger partial charge in [0.1, 0.15) is 0 Å². The molecule has 1 heterocycles. The Hall–Kier alpha value is -0.960. The summed E-state index contributed by atoms with van der Waals surface area (Å²) in [7, 11) is 0. The van der Waals surface area contributed by atoms with E-state index in [4.69, 9.17) is 5.11 Å². The molecule has 0 amide bonds. The molecule has 2 nitrogen and oxygen atoms in total. The predicted molar refractivity (Wildman–Crippen MR) is 34.8 cm³/mol. The van der Waals surface area contributed by atoms with E-state index in [2.05, 4.69) is 4.98 Å². The van der Waals surface area contributed by atoms with Gasteiger partial charge in [0.05, 0.1) is 6.10 Å². The SMILES string of the molecule is CC(O)c1ccnc(F)c1. The molecule has 0 saturated heterocycles. The first-order valence-corrected chi connectivity index (χ1v) is 2.99. The van der Waals surface area contributed by atoms with Crippen LogP contribution in [0.15, 0.2) is 18.3 Å². The highest BCUT2D eigenvalue weighted by atomic mass is 19.1. The highest BCUT2D eigenvalue weighted by molar-refractivity contribution is 5.12. The molecular formula is C7H8FNO. The zero-order valence-electron chi connectivity index (χ0n) is 5.58.